The lowest BCUT2D eigenvalue weighted by molar-refractivity contribution is -0.0498. The van der Waals surface area contributed by atoms with Crippen molar-refractivity contribution in [3.05, 3.63) is 75.6 Å². The molecule has 2 N–H and O–H groups in total. The van der Waals surface area contributed by atoms with Gasteiger partial charge in [-0.1, -0.05) is 29.8 Å². The first-order valence-corrected chi connectivity index (χ1v) is 9.55. The normalized spacial score (nSPS) is 10.7. The first-order valence-electron chi connectivity index (χ1n) is 8.36. The zero-order valence-electron chi connectivity index (χ0n) is 15.0. The number of hydrogen-bond acceptors (Lipinski definition) is 4. The van der Waals surface area contributed by atoms with E-state index in [4.69, 9.17) is 11.6 Å². The predicted octanol–water partition coefficient (Wildman–Crippen LogP) is 5.82. The molecule has 3 rings (SSSR count). The van der Waals surface area contributed by atoms with Crippen LogP contribution in [0.25, 0.3) is 0 Å². The molecule has 0 fully saturated rings. The summed E-state index contributed by atoms with van der Waals surface area (Å²) in [5.74, 6) is -0.881. The molecule has 2 amide bonds. The molecule has 0 radical (unpaired) electrons. The van der Waals surface area contributed by atoms with Crippen LogP contribution < -0.4 is 15.4 Å². The maximum Gasteiger partial charge on any atom is 0.387 e. The number of carbonyl (C=O) groups is 2. The molecule has 0 aliphatic carbocycles. The van der Waals surface area contributed by atoms with Crippen LogP contribution in [-0.2, 0) is 0 Å². The molecule has 150 valence electrons. The number of anilines is 2. The molecule has 0 atom stereocenters. The van der Waals surface area contributed by atoms with Gasteiger partial charge in [-0.2, -0.15) is 8.78 Å². The highest BCUT2D eigenvalue weighted by Gasteiger charge is 2.17. The van der Waals surface area contributed by atoms with Gasteiger partial charge in [0.15, 0.2) is 0 Å². The number of thiophene rings is 1. The SMILES string of the molecule is Cc1cc(NC(=O)c2ccccc2Cl)sc1C(=O)Nc1cccc(OC(F)F)c1. The number of alkyl halides is 2. The summed E-state index contributed by atoms with van der Waals surface area (Å²) < 4.78 is 29.0. The van der Waals surface area contributed by atoms with E-state index >= 15 is 0 Å². The fourth-order valence-electron chi connectivity index (χ4n) is 2.53. The van der Waals surface area contributed by atoms with Crippen molar-refractivity contribution in [1.29, 1.82) is 0 Å². The maximum atomic E-state index is 12.6. The number of amides is 2. The number of halogens is 3. The minimum Gasteiger partial charge on any atom is -0.435 e. The standard InChI is InChI=1S/C20H15ClF2N2O3S/c1-11-9-16(25-18(26)14-7-2-3-8-15(14)21)29-17(11)19(27)24-12-5-4-6-13(10-12)28-20(22)23/h2-10,20H,1H3,(H,24,27)(H,25,26). The van der Waals surface area contributed by atoms with Gasteiger partial charge in [0.25, 0.3) is 11.8 Å². The van der Waals surface area contributed by atoms with Gasteiger partial charge in [0.05, 0.1) is 20.5 Å². The van der Waals surface area contributed by atoms with Crippen molar-refractivity contribution in [2.75, 3.05) is 10.6 Å². The Hall–Kier alpha value is -2.97. The minimum atomic E-state index is -2.95. The van der Waals surface area contributed by atoms with E-state index in [0.29, 0.717) is 31.7 Å². The Morgan fingerprint density at radius 1 is 1.03 bits per heavy atom. The smallest absolute Gasteiger partial charge is 0.387 e. The van der Waals surface area contributed by atoms with Gasteiger partial charge in [-0.3, -0.25) is 9.59 Å². The molecule has 5 nitrogen and oxygen atoms in total. The third-order valence-electron chi connectivity index (χ3n) is 3.80. The van der Waals surface area contributed by atoms with Crippen molar-refractivity contribution in [3.8, 4) is 5.75 Å². The fraction of sp³-hybridized carbons (Fsp3) is 0.100. The summed E-state index contributed by atoms with van der Waals surface area (Å²) in [6.45, 7) is -1.22. The molecule has 1 heterocycles. The quantitative estimate of drug-likeness (QED) is 0.512. The van der Waals surface area contributed by atoms with Crippen LogP contribution in [0.1, 0.15) is 25.6 Å². The van der Waals surface area contributed by atoms with E-state index in [2.05, 4.69) is 15.4 Å². The molecule has 9 heteroatoms. The number of benzene rings is 2. The van der Waals surface area contributed by atoms with E-state index < -0.39 is 12.5 Å². The Morgan fingerprint density at radius 2 is 1.79 bits per heavy atom. The number of aryl methyl sites for hydroxylation is 1. The number of ether oxygens (including phenoxy) is 1. The van der Waals surface area contributed by atoms with E-state index in [-0.39, 0.29) is 11.7 Å². The fourth-order valence-corrected chi connectivity index (χ4v) is 3.72. The zero-order chi connectivity index (χ0) is 21.0. The molecule has 0 bridgehead atoms. The van der Waals surface area contributed by atoms with Crippen molar-refractivity contribution >= 4 is 45.4 Å². The lowest BCUT2D eigenvalue weighted by Gasteiger charge is -2.08. The average Bonchev–Trinajstić information content (AvgIpc) is 3.02. The molecule has 0 unspecified atom stereocenters. The van der Waals surface area contributed by atoms with Gasteiger partial charge in [-0.15, -0.1) is 11.3 Å². The van der Waals surface area contributed by atoms with Crippen molar-refractivity contribution in [1.82, 2.24) is 0 Å². The van der Waals surface area contributed by atoms with E-state index in [0.717, 1.165) is 11.3 Å². The molecular weight excluding hydrogens is 422 g/mol. The minimum absolute atomic E-state index is 0.0617. The average molecular weight is 437 g/mol. The van der Waals surface area contributed by atoms with Gasteiger partial charge in [0.2, 0.25) is 0 Å². The second-order valence-electron chi connectivity index (χ2n) is 5.92. The third-order valence-corrected chi connectivity index (χ3v) is 5.28. The van der Waals surface area contributed by atoms with Gasteiger partial charge >= 0.3 is 6.61 Å². The Labute approximate surface area is 174 Å². The van der Waals surface area contributed by atoms with Crippen molar-refractivity contribution in [2.24, 2.45) is 0 Å². The van der Waals surface area contributed by atoms with E-state index in [1.807, 2.05) is 0 Å². The van der Waals surface area contributed by atoms with Crippen LogP contribution >= 0.6 is 22.9 Å². The van der Waals surface area contributed by atoms with E-state index in [1.54, 1.807) is 43.3 Å². The molecule has 1 aromatic heterocycles. The van der Waals surface area contributed by atoms with Crippen LogP contribution in [0.2, 0.25) is 5.02 Å². The van der Waals surface area contributed by atoms with Crippen molar-refractivity contribution < 1.29 is 23.1 Å². The Bertz CT molecular complexity index is 1060. The molecule has 0 aliphatic rings. The summed E-state index contributed by atoms with van der Waals surface area (Å²) >= 11 is 7.12. The van der Waals surface area contributed by atoms with Gasteiger partial charge in [0, 0.05) is 11.8 Å². The van der Waals surface area contributed by atoms with Crippen molar-refractivity contribution in [3.63, 3.8) is 0 Å². The molecule has 0 spiro atoms. The topological polar surface area (TPSA) is 67.4 Å². The van der Waals surface area contributed by atoms with Crippen molar-refractivity contribution in [2.45, 2.75) is 13.5 Å². The van der Waals surface area contributed by atoms with Crippen LogP contribution in [0.3, 0.4) is 0 Å². The molecular formula is C20H15ClF2N2O3S. The van der Waals surface area contributed by atoms with Crippen LogP contribution in [0.4, 0.5) is 19.5 Å². The largest absolute Gasteiger partial charge is 0.435 e. The van der Waals surface area contributed by atoms with Crippen LogP contribution in [0.5, 0.6) is 5.75 Å². The summed E-state index contributed by atoms with van der Waals surface area (Å²) in [4.78, 5) is 25.3. The molecule has 0 saturated heterocycles. The van der Waals surface area contributed by atoms with Crippen LogP contribution in [0.15, 0.2) is 54.6 Å². The number of hydrogen-bond donors (Lipinski definition) is 2. The molecule has 0 saturated carbocycles. The van der Waals surface area contributed by atoms with Gasteiger partial charge in [0.1, 0.15) is 5.75 Å². The Balaban J connectivity index is 1.72. The van der Waals surface area contributed by atoms with Crippen LogP contribution in [-0.4, -0.2) is 18.4 Å². The first kappa shape index (κ1) is 20.8. The monoisotopic (exact) mass is 436 g/mol. The predicted molar refractivity (Wildman–Crippen MR) is 109 cm³/mol. The van der Waals surface area contributed by atoms with Gasteiger partial charge in [-0.25, -0.2) is 0 Å². The van der Waals surface area contributed by atoms with Gasteiger partial charge in [-0.05, 0) is 42.8 Å². The summed E-state index contributed by atoms with van der Waals surface area (Å²) in [6.07, 6.45) is 0. The van der Waals surface area contributed by atoms with Crippen LogP contribution in [0, 0.1) is 6.92 Å². The summed E-state index contributed by atoms with van der Waals surface area (Å²) in [5.41, 5.74) is 1.28. The Morgan fingerprint density at radius 3 is 2.52 bits per heavy atom. The molecule has 3 aromatic rings. The molecule has 29 heavy (non-hydrogen) atoms. The highest BCUT2D eigenvalue weighted by atomic mass is 35.5. The Kier molecular flexibility index (Phi) is 6.46. The lowest BCUT2D eigenvalue weighted by atomic mass is 10.2. The number of rotatable bonds is 6. The number of nitrogens with one attached hydrogen (secondary N) is 2. The molecule has 0 aliphatic heterocycles. The maximum absolute atomic E-state index is 12.6. The second-order valence-corrected chi connectivity index (χ2v) is 7.38. The molecule has 2 aromatic carbocycles. The van der Waals surface area contributed by atoms with E-state index in [1.165, 1.54) is 18.2 Å². The van der Waals surface area contributed by atoms with Gasteiger partial charge < -0.3 is 15.4 Å². The second kappa shape index (κ2) is 9.02. The zero-order valence-corrected chi connectivity index (χ0v) is 16.6. The first-order chi connectivity index (χ1) is 13.8. The third kappa shape index (κ3) is 5.30. The summed E-state index contributed by atoms with van der Waals surface area (Å²) in [6, 6.07) is 14.0. The van der Waals surface area contributed by atoms with E-state index in [9.17, 15) is 18.4 Å². The highest BCUT2D eigenvalue weighted by molar-refractivity contribution is 7.18. The lowest BCUT2D eigenvalue weighted by Crippen LogP contribution is -2.12. The summed E-state index contributed by atoms with van der Waals surface area (Å²) in [5, 5.41) is 6.15. The summed E-state index contributed by atoms with van der Waals surface area (Å²) in [7, 11) is 0. The highest BCUT2D eigenvalue weighted by Crippen LogP contribution is 2.29. The number of carbonyl (C=O) groups excluding carboxylic acids is 2.